The lowest BCUT2D eigenvalue weighted by molar-refractivity contribution is 0.616. The van der Waals surface area contributed by atoms with Crippen LogP contribution in [0.1, 0.15) is 56.6 Å². The molecule has 4 aromatic rings. The topological polar surface area (TPSA) is 6.48 Å². The van der Waals surface area contributed by atoms with Gasteiger partial charge in [-0.2, -0.15) is 0 Å². The van der Waals surface area contributed by atoms with E-state index in [1.165, 1.54) is 55.9 Å². The zero-order valence-electron chi connectivity index (χ0n) is 21.8. The highest BCUT2D eigenvalue weighted by atomic mass is 15.4. The molecule has 0 aliphatic carbocycles. The van der Waals surface area contributed by atoms with E-state index in [0.29, 0.717) is 0 Å². The van der Waals surface area contributed by atoms with Crippen LogP contribution < -0.4 is 9.80 Å². The summed E-state index contributed by atoms with van der Waals surface area (Å²) in [5, 5.41) is 0. The van der Waals surface area contributed by atoms with Crippen molar-refractivity contribution < 1.29 is 0 Å². The molecule has 1 heterocycles. The molecular weight excluding hydrogens is 424 g/mol. The number of hydrogen-bond donors (Lipinski definition) is 0. The second-order valence-electron chi connectivity index (χ2n) is 10.3. The van der Waals surface area contributed by atoms with E-state index in [2.05, 4.69) is 136 Å². The molecule has 0 aromatic heterocycles. The Hall–Kier alpha value is -3.52. The number of hydrogen-bond acceptors (Lipinski definition) is 2. The van der Waals surface area contributed by atoms with Crippen molar-refractivity contribution in [1.29, 1.82) is 0 Å². The summed E-state index contributed by atoms with van der Waals surface area (Å²) in [6, 6.07) is 31.8. The Morgan fingerprint density at radius 2 is 0.800 bits per heavy atom. The van der Waals surface area contributed by atoms with E-state index in [1.54, 1.807) is 0 Å². The third-order valence-electron chi connectivity index (χ3n) is 7.40. The Balaban J connectivity index is 1.78. The van der Waals surface area contributed by atoms with E-state index in [4.69, 9.17) is 0 Å². The molecule has 1 saturated heterocycles. The summed E-state index contributed by atoms with van der Waals surface area (Å²) in [7, 11) is 0. The van der Waals surface area contributed by atoms with Crippen molar-refractivity contribution in [2.75, 3.05) is 16.5 Å². The van der Waals surface area contributed by atoms with E-state index in [1.807, 2.05) is 0 Å². The van der Waals surface area contributed by atoms with Gasteiger partial charge in [-0.05, 0) is 74.9 Å². The largest absolute Gasteiger partial charge is 0.344 e. The van der Waals surface area contributed by atoms with Gasteiger partial charge in [0, 0.05) is 11.4 Å². The van der Waals surface area contributed by atoms with Crippen LogP contribution in [0.25, 0.3) is 0 Å². The maximum Gasteiger partial charge on any atom is 0.0917 e. The molecule has 35 heavy (non-hydrogen) atoms. The standard InChI is InChI=1S/C33H36N2/c1-22-17-24(3)30(25(4)18-22)34-21-35(31-26(5)19-23(2)20-27(31)6)33(29-15-11-8-12-16-29)32(34)28-13-9-7-10-14-28/h7-20,32-33H,21H2,1-6H3/t32-,33-/m0/s1. The average Bonchev–Trinajstić information content (AvgIpc) is 3.18. The first-order valence-corrected chi connectivity index (χ1v) is 12.6. The lowest BCUT2D eigenvalue weighted by Gasteiger charge is -2.32. The summed E-state index contributed by atoms with van der Waals surface area (Å²) >= 11 is 0. The molecule has 0 N–H and O–H groups in total. The molecule has 2 atom stereocenters. The van der Waals surface area contributed by atoms with Crippen LogP contribution in [-0.4, -0.2) is 6.67 Å². The molecule has 178 valence electrons. The molecule has 4 aromatic carbocycles. The number of anilines is 2. The molecule has 0 radical (unpaired) electrons. The summed E-state index contributed by atoms with van der Waals surface area (Å²) in [4.78, 5) is 5.30. The van der Waals surface area contributed by atoms with Crippen molar-refractivity contribution in [3.63, 3.8) is 0 Å². The number of rotatable bonds is 4. The van der Waals surface area contributed by atoms with Crippen LogP contribution in [0.4, 0.5) is 11.4 Å². The van der Waals surface area contributed by atoms with Gasteiger partial charge < -0.3 is 9.80 Å². The van der Waals surface area contributed by atoms with Gasteiger partial charge in [0.2, 0.25) is 0 Å². The SMILES string of the molecule is Cc1cc(C)c(N2CN(c3c(C)cc(C)cc3C)[C@@H](c3ccccc3)[C@@H]2c2ccccc2)c(C)c1. The first-order chi connectivity index (χ1) is 16.8. The van der Waals surface area contributed by atoms with Gasteiger partial charge in [-0.15, -0.1) is 0 Å². The van der Waals surface area contributed by atoms with Crippen LogP contribution in [0.5, 0.6) is 0 Å². The Morgan fingerprint density at radius 3 is 1.11 bits per heavy atom. The van der Waals surface area contributed by atoms with Crippen molar-refractivity contribution in [1.82, 2.24) is 0 Å². The van der Waals surface area contributed by atoms with Crippen LogP contribution >= 0.6 is 0 Å². The van der Waals surface area contributed by atoms with Crippen LogP contribution in [0.2, 0.25) is 0 Å². The molecule has 0 unspecified atom stereocenters. The van der Waals surface area contributed by atoms with Crippen LogP contribution in [0.15, 0.2) is 84.9 Å². The fraction of sp³-hybridized carbons (Fsp3) is 0.273. The second-order valence-corrected chi connectivity index (χ2v) is 10.3. The van der Waals surface area contributed by atoms with Crippen molar-refractivity contribution in [2.24, 2.45) is 0 Å². The van der Waals surface area contributed by atoms with E-state index < -0.39 is 0 Å². The summed E-state index contributed by atoms with van der Waals surface area (Å²) in [6.45, 7) is 14.3. The Bertz CT molecular complexity index is 1190. The van der Waals surface area contributed by atoms with Crippen LogP contribution in [0, 0.1) is 41.5 Å². The molecule has 0 bridgehead atoms. The highest BCUT2D eigenvalue weighted by Crippen LogP contribution is 2.50. The van der Waals surface area contributed by atoms with Gasteiger partial charge in [0.25, 0.3) is 0 Å². The molecule has 0 saturated carbocycles. The predicted octanol–water partition coefficient (Wildman–Crippen LogP) is 8.30. The Labute approximate surface area is 210 Å². The van der Waals surface area contributed by atoms with Gasteiger partial charge in [0.15, 0.2) is 0 Å². The van der Waals surface area contributed by atoms with Gasteiger partial charge >= 0.3 is 0 Å². The summed E-state index contributed by atoms with van der Waals surface area (Å²) in [5.41, 5.74) is 13.4. The molecule has 1 aliphatic heterocycles. The monoisotopic (exact) mass is 460 g/mol. The van der Waals surface area contributed by atoms with Crippen molar-refractivity contribution >= 4 is 11.4 Å². The minimum absolute atomic E-state index is 0.193. The van der Waals surface area contributed by atoms with Gasteiger partial charge in [-0.25, -0.2) is 0 Å². The molecule has 5 rings (SSSR count). The Morgan fingerprint density at radius 1 is 0.486 bits per heavy atom. The summed E-state index contributed by atoms with van der Waals surface area (Å²) in [6.07, 6.45) is 0. The normalized spacial score (nSPS) is 17.8. The number of nitrogens with zero attached hydrogens (tertiary/aromatic N) is 2. The fourth-order valence-corrected chi connectivity index (χ4v) is 6.38. The van der Waals surface area contributed by atoms with Crippen LogP contribution in [-0.2, 0) is 0 Å². The first kappa shape index (κ1) is 23.2. The van der Waals surface area contributed by atoms with Crippen molar-refractivity contribution in [2.45, 2.75) is 53.6 Å². The van der Waals surface area contributed by atoms with E-state index in [9.17, 15) is 0 Å². The van der Waals surface area contributed by atoms with Crippen LogP contribution in [0.3, 0.4) is 0 Å². The van der Waals surface area contributed by atoms with Gasteiger partial charge in [0.05, 0.1) is 18.8 Å². The highest BCUT2D eigenvalue weighted by molar-refractivity contribution is 5.69. The zero-order chi connectivity index (χ0) is 24.7. The smallest absolute Gasteiger partial charge is 0.0917 e. The van der Waals surface area contributed by atoms with E-state index >= 15 is 0 Å². The molecular formula is C33H36N2. The molecule has 0 spiro atoms. The maximum atomic E-state index is 2.65. The second kappa shape index (κ2) is 9.26. The number of aryl methyl sites for hydroxylation is 6. The molecule has 0 amide bonds. The third kappa shape index (κ3) is 4.23. The van der Waals surface area contributed by atoms with Gasteiger partial charge in [-0.3, -0.25) is 0 Å². The molecule has 2 heteroatoms. The fourth-order valence-electron chi connectivity index (χ4n) is 6.38. The van der Waals surface area contributed by atoms with Gasteiger partial charge in [-0.1, -0.05) is 96.1 Å². The van der Waals surface area contributed by atoms with Gasteiger partial charge in [0.1, 0.15) is 0 Å². The minimum atomic E-state index is 0.193. The molecule has 1 aliphatic rings. The number of benzene rings is 4. The van der Waals surface area contributed by atoms with Crippen molar-refractivity contribution in [3.8, 4) is 0 Å². The molecule has 2 nitrogen and oxygen atoms in total. The average molecular weight is 461 g/mol. The molecule has 1 fully saturated rings. The Kier molecular flexibility index (Phi) is 6.15. The summed E-state index contributed by atoms with van der Waals surface area (Å²) in [5.74, 6) is 0. The zero-order valence-corrected chi connectivity index (χ0v) is 21.8. The quantitative estimate of drug-likeness (QED) is 0.302. The lowest BCUT2D eigenvalue weighted by atomic mass is 9.91. The summed E-state index contributed by atoms with van der Waals surface area (Å²) < 4.78 is 0. The lowest BCUT2D eigenvalue weighted by Crippen LogP contribution is -2.28. The predicted molar refractivity (Wildman–Crippen MR) is 149 cm³/mol. The van der Waals surface area contributed by atoms with E-state index in [-0.39, 0.29) is 12.1 Å². The minimum Gasteiger partial charge on any atom is -0.344 e. The van der Waals surface area contributed by atoms with Crippen molar-refractivity contribution in [3.05, 3.63) is 129 Å². The first-order valence-electron chi connectivity index (χ1n) is 12.6. The van der Waals surface area contributed by atoms with E-state index in [0.717, 1.165) is 6.67 Å². The highest BCUT2D eigenvalue weighted by Gasteiger charge is 2.43. The third-order valence-corrected chi connectivity index (χ3v) is 7.40. The maximum absolute atomic E-state index is 2.65.